The van der Waals surface area contributed by atoms with Crippen LogP contribution in [0.15, 0.2) is 48.5 Å². The molecule has 0 bridgehead atoms. The number of unbranched alkanes of at least 4 members (excludes halogenated alkanes) is 5. The van der Waals surface area contributed by atoms with E-state index in [1.54, 1.807) is 0 Å². The van der Waals surface area contributed by atoms with Crippen molar-refractivity contribution < 1.29 is 21.9 Å². The largest absolute Gasteiger partial charge is 1.00 e. The molecule has 0 aliphatic carbocycles. The highest BCUT2D eigenvalue weighted by molar-refractivity contribution is 5.32. The molecule has 2 aromatic carbocycles. The van der Waals surface area contributed by atoms with Crippen LogP contribution >= 0.6 is 0 Å². The van der Waals surface area contributed by atoms with Crippen LogP contribution in [0, 0.1) is 13.8 Å². The monoisotopic (exact) mass is 403 g/mol. The molecule has 2 nitrogen and oxygen atoms in total. The lowest BCUT2D eigenvalue weighted by Crippen LogP contribution is -3.00. The molecule has 28 heavy (non-hydrogen) atoms. The van der Waals surface area contributed by atoms with Crippen LogP contribution in [0.1, 0.15) is 69.1 Å². The average Bonchev–Trinajstić information content (AvgIpc) is 2.69. The molecule has 156 valence electrons. The van der Waals surface area contributed by atoms with Gasteiger partial charge in [-0.2, -0.15) is 0 Å². The van der Waals surface area contributed by atoms with Crippen molar-refractivity contribution >= 4 is 0 Å². The third-order valence-corrected chi connectivity index (χ3v) is 5.71. The highest BCUT2D eigenvalue weighted by Crippen LogP contribution is 2.24. The second-order valence-corrected chi connectivity index (χ2v) is 7.79. The van der Waals surface area contributed by atoms with Crippen LogP contribution in [-0.4, -0.2) is 17.7 Å². The Morgan fingerprint density at radius 2 is 1.46 bits per heavy atom. The maximum absolute atomic E-state index is 6.62. The highest BCUT2D eigenvalue weighted by atomic mass is 35.5. The highest BCUT2D eigenvalue weighted by Gasteiger charge is 2.30. The Hall–Kier alpha value is -1.51. The van der Waals surface area contributed by atoms with Crippen LogP contribution in [0.5, 0.6) is 5.75 Å². The zero-order chi connectivity index (χ0) is 19.5. The van der Waals surface area contributed by atoms with Crippen LogP contribution in [0.3, 0.4) is 0 Å². The van der Waals surface area contributed by atoms with Gasteiger partial charge in [-0.15, -0.1) is 4.65 Å². The quantitative estimate of drug-likeness (QED) is 0.295. The minimum absolute atomic E-state index is 0. The van der Waals surface area contributed by atoms with E-state index in [2.05, 4.69) is 70.2 Å². The summed E-state index contributed by atoms with van der Waals surface area (Å²) in [5, 5.41) is 0. The average molecular weight is 404 g/mol. The zero-order valence-corrected chi connectivity index (χ0v) is 19.0. The molecule has 0 amide bonds. The van der Waals surface area contributed by atoms with Crippen molar-refractivity contribution in [2.24, 2.45) is 0 Å². The molecule has 0 aliphatic rings. The van der Waals surface area contributed by atoms with Crippen molar-refractivity contribution in [2.45, 2.75) is 72.8 Å². The molecule has 0 saturated heterocycles. The number of halogens is 1. The molecule has 0 radical (unpaired) electrons. The van der Waals surface area contributed by atoms with Gasteiger partial charge in [-0.3, -0.25) is 0 Å². The van der Waals surface area contributed by atoms with Gasteiger partial charge in [-0.1, -0.05) is 69.0 Å². The molecule has 0 spiro atoms. The van der Waals surface area contributed by atoms with E-state index < -0.39 is 0 Å². The summed E-state index contributed by atoms with van der Waals surface area (Å²) in [7, 11) is 0. The fourth-order valence-corrected chi connectivity index (χ4v) is 3.67. The summed E-state index contributed by atoms with van der Waals surface area (Å²) in [4.78, 5) is 6.62. The van der Waals surface area contributed by atoms with E-state index in [1.807, 2.05) is 6.07 Å². The van der Waals surface area contributed by atoms with Crippen LogP contribution in [0.4, 0.5) is 0 Å². The summed E-state index contributed by atoms with van der Waals surface area (Å²) in [6, 6.07) is 17.0. The van der Waals surface area contributed by atoms with Gasteiger partial charge in [-0.05, 0) is 50.5 Å². The normalized spacial score (nSPS) is 12.9. The first-order valence-corrected chi connectivity index (χ1v) is 10.8. The number of benzene rings is 2. The van der Waals surface area contributed by atoms with E-state index in [0.29, 0.717) is 4.65 Å². The Labute approximate surface area is 178 Å². The standard InChI is InChI=1S/C25H38NO.ClH/c1-5-7-8-9-10-14-20-26(6-2,27-25-18-12-11-13-19-25)21-24-17-15-16-22(3)23(24)4;/h11-13,15-19H,5-10,14,20-21H2,1-4H3;1H/q+1;/p-1. The molecule has 0 aromatic heterocycles. The Morgan fingerprint density at radius 3 is 2.14 bits per heavy atom. The lowest BCUT2D eigenvalue weighted by Gasteiger charge is -2.35. The Morgan fingerprint density at radius 1 is 0.786 bits per heavy atom. The first-order valence-electron chi connectivity index (χ1n) is 10.8. The third-order valence-electron chi connectivity index (χ3n) is 5.71. The summed E-state index contributed by atoms with van der Waals surface area (Å²) in [5.74, 6) is 0.968. The van der Waals surface area contributed by atoms with Crippen LogP contribution < -0.4 is 17.2 Å². The molecule has 2 aromatic rings. The van der Waals surface area contributed by atoms with Gasteiger partial charge in [0.25, 0.3) is 0 Å². The van der Waals surface area contributed by atoms with Crippen molar-refractivity contribution in [2.75, 3.05) is 13.1 Å². The Kier molecular flexibility index (Phi) is 11.3. The lowest BCUT2D eigenvalue weighted by atomic mass is 10.0. The second-order valence-electron chi connectivity index (χ2n) is 7.79. The molecular weight excluding hydrogens is 366 g/mol. The first kappa shape index (κ1) is 24.5. The van der Waals surface area contributed by atoms with Crippen LogP contribution in [0.2, 0.25) is 0 Å². The predicted molar refractivity (Wildman–Crippen MR) is 116 cm³/mol. The summed E-state index contributed by atoms with van der Waals surface area (Å²) in [6.45, 7) is 11.9. The molecule has 0 fully saturated rings. The molecule has 1 unspecified atom stereocenters. The molecule has 1 atom stereocenters. The molecule has 0 aliphatic heterocycles. The molecule has 2 rings (SSSR count). The summed E-state index contributed by atoms with van der Waals surface area (Å²) in [6.07, 6.45) is 7.88. The Bertz CT molecular complexity index is 674. The first-order chi connectivity index (χ1) is 13.1. The zero-order valence-electron chi connectivity index (χ0n) is 18.2. The van der Waals surface area contributed by atoms with E-state index in [4.69, 9.17) is 4.84 Å². The summed E-state index contributed by atoms with van der Waals surface area (Å²) < 4.78 is 0.669. The fourth-order valence-electron chi connectivity index (χ4n) is 3.67. The molecule has 3 heteroatoms. The van der Waals surface area contributed by atoms with Crippen LogP contribution in [0.25, 0.3) is 0 Å². The third kappa shape index (κ3) is 7.48. The maximum Gasteiger partial charge on any atom is 0.190 e. The lowest BCUT2D eigenvalue weighted by molar-refractivity contribution is -1.09. The second kappa shape index (κ2) is 12.9. The van der Waals surface area contributed by atoms with E-state index in [9.17, 15) is 0 Å². The van der Waals surface area contributed by atoms with Gasteiger partial charge < -0.3 is 17.2 Å². The van der Waals surface area contributed by atoms with Crippen molar-refractivity contribution in [3.05, 3.63) is 65.2 Å². The van der Waals surface area contributed by atoms with Crippen molar-refractivity contribution in [1.82, 2.24) is 0 Å². The van der Waals surface area contributed by atoms with E-state index in [0.717, 1.165) is 25.4 Å². The van der Waals surface area contributed by atoms with E-state index in [1.165, 1.54) is 55.2 Å². The molecule has 0 N–H and O–H groups in total. The number of hydrogen-bond donors (Lipinski definition) is 0. The van der Waals surface area contributed by atoms with Crippen molar-refractivity contribution in [3.8, 4) is 5.75 Å². The number of rotatable bonds is 12. The van der Waals surface area contributed by atoms with Crippen molar-refractivity contribution in [1.29, 1.82) is 0 Å². The number of hydroxylamine groups is 3. The maximum atomic E-state index is 6.62. The minimum Gasteiger partial charge on any atom is -1.00 e. The van der Waals surface area contributed by atoms with Crippen LogP contribution in [-0.2, 0) is 6.54 Å². The fraction of sp³-hybridized carbons (Fsp3) is 0.520. The smallest absolute Gasteiger partial charge is 0.190 e. The topological polar surface area (TPSA) is 9.23 Å². The molecule has 0 heterocycles. The van der Waals surface area contributed by atoms with Gasteiger partial charge in [0.15, 0.2) is 5.75 Å². The summed E-state index contributed by atoms with van der Waals surface area (Å²) in [5.41, 5.74) is 4.16. The number of hydrogen-bond acceptors (Lipinski definition) is 1. The van der Waals surface area contributed by atoms with Gasteiger partial charge in [0, 0.05) is 12.0 Å². The minimum atomic E-state index is 0. The van der Waals surface area contributed by atoms with Gasteiger partial charge >= 0.3 is 0 Å². The number of para-hydroxylation sites is 1. The Balaban J connectivity index is 0.00000392. The van der Waals surface area contributed by atoms with E-state index >= 15 is 0 Å². The van der Waals surface area contributed by atoms with E-state index in [-0.39, 0.29) is 12.4 Å². The number of quaternary nitrogens is 1. The van der Waals surface area contributed by atoms with Gasteiger partial charge in [0.1, 0.15) is 19.6 Å². The predicted octanol–water partition coefficient (Wildman–Crippen LogP) is 4.00. The SMILES string of the molecule is CCCCCCCC[N+](CC)(Cc1cccc(C)c1C)Oc1ccccc1.[Cl-]. The molecular formula is C25H38ClNO. The molecule has 0 saturated carbocycles. The van der Waals surface area contributed by atoms with Gasteiger partial charge in [0.2, 0.25) is 0 Å². The summed E-state index contributed by atoms with van der Waals surface area (Å²) >= 11 is 0. The number of aryl methyl sites for hydroxylation is 1. The van der Waals surface area contributed by atoms with Crippen molar-refractivity contribution in [3.63, 3.8) is 0 Å². The van der Waals surface area contributed by atoms with Gasteiger partial charge in [0.05, 0.1) is 0 Å². The number of nitrogens with zero attached hydrogens (tertiary/aromatic N) is 1. The van der Waals surface area contributed by atoms with Gasteiger partial charge in [-0.25, -0.2) is 0 Å².